The van der Waals surface area contributed by atoms with Gasteiger partial charge in [0, 0.05) is 18.6 Å². The molecule has 0 bridgehead atoms. The van der Waals surface area contributed by atoms with Crippen LogP contribution in [0.1, 0.15) is 31.4 Å². The molecule has 21 heavy (non-hydrogen) atoms. The van der Waals surface area contributed by atoms with Gasteiger partial charge < -0.3 is 14.8 Å². The highest BCUT2D eigenvalue weighted by molar-refractivity contribution is 5.31. The average molecular weight is 303 g/mol. The van der Waals surface area contributed by atoms with Gasteiger partial charge in [-0.2, -0.15) is 0 Å². The molecule has 1 aromatic carbocycles. The molecule has 1 fully saturated rings. The molecule has 1 aliphatic rings. The Labute approximate surface area is 122 Å². The minimum atomic E-state index is -4.67. The first-order valence-corrected chi connectivity index (χ1v) is 7.16. The lowest BCUT2D eigenvalue weighted by atomic mass is 9.92. The van der Waals surface area contributed by atoms with E-state index in [-0.39, 0.29) is 17.7 Å². The largest absolute Gasteiger partial charge is 0.573 e. The van der Waals surface area contributed by atoms with Crippen molar-refractivity contribution in [1.29, 1.82) is 0 Å². The molecule has 1 aliphatic heterocycles. The van der Waals surface area contributed by atoms with E-state index in [1.165, 1.54) is 12.1 Å². The van der Waals surface area contributed by atoms with Crippen LogP contribution in [0, 0.1) is 5.92 Å². The number of nitrogens with one attached hydrogen (secondary N) is 1. The van der Waals surface area contributed by atoms with E-state index in [4.69, 9.17) is 4.74 Å². The van der Waals surface area contributed by atoms with Crippen LogP contribution in [0.2, 0.25) is 0 Å². The highest BCUT2D eigenvalue weighted by Gasteiger charge is 2.32. The first-order valence-electron chi connectivity index (χ1n) is 7.16. The van der Waals surface area contributed by atoms with Crippen LogP contribution >= 0.6 is 0 Å². The third-order valence-corrected chi connectivity index (χ3v) is 3.50. The van der Waals surface area contributed by atoms with Crippen molar-refractivity contribution in [2.75, 3.05) is 19.8 Å². The number of alkyl halides is 3. The van der Waals surface area contributed by atoms with Gasteiger partial charge in [0.15, 0.2) is 0 Å². The minimum Gasteiger partial charge on any atom is -0.406 e. The summed E-state index contributed by atoms with van der Waals surface area (Å²) in [5, 5.41) is 3.40. The quantitative estimate of drug-likeness (QED) is 0.870. The normalized spacial score (nSPS) is 20.5. The molecular formula is C15H20F3NO2. The van der Waals surface area contributed by atoms with Gasteiger partial charge in [-0.25, -0.2) is 0 Å². The summed E-state index contributed by atoms with van der Waals surface area (Å²) in [7, 11) is 0. The summed E-state index contributed by atoms with van der Waals surface area (Å²) < 4.78 is 46.4. The highest BCUT2D eigenvalue weighted by Crippen LogP contribution is 2.32. The number of benzene rings is 1. The minimum absolute atomic E-state index is 0.00997. The van der Waals surface area contributed by atoms with Gasteiger partial charge in [-0.3, -0.25) is 0 Å². The van der Waals surface area contributed by atoms with Gasteiger partial charge in [0.05, 0.1) is 6.61 Å². The van der Waals surface area contributed by atoms with Gasteiger partial charge in [0.2, 0.25) is 0 Å². The summed E-state index contributed by atoms with van der Waals surface area (Å²) in [6.07, 6.45) is -2.80. The van der Waals surface area contributed by atoms with Gasteiger partial charge in [-0.1, -0.05) is 19.1 Å². The zero-order valence-electron chi connectivity index (χ0n) is 12.0. The van der Waals surface area contributed by atoms with Crippen LogP contribution in [0.4, 0.5) is 13.2 Å². The van der Waals surface area contributed by atoms with E-state index in [9.17, 15) is 13.2 Å². The molecule has 2 atom stereocenters. The van der Waals surface area contributed by atoms with Crippen LogP contribution in [0.3, 0.4) is 0 Å². The van der Waals surface area contributed by atoms with Crippen LogP contribution in [0.5, 0.6) is 5.75 Å². The number of halogens is 3. The Kier molecular flexibility index (Phi) is 5.47. The summed E-state index contributed by atoms with van der Waals surface area (Å²) in [6, 6.07) is 6.18. The zero-order chi connectivity index (χ0) is 15.3. The van der Waals surface area contributed by atoms with E-state index in [1.807, 2.05) is 6.07 Å². The van der Waals surface area contributed by atoms with Crippen LogP contribution in [-0.2, 0) is 4.74 Å². The van der Waals surface area contributed by atoms with Crippen molar-refractivity contribution in [3.05, 3.63) is 29.8 Å². The van der Waals surface area contributed by atoms with E-state index < -0.39 is 6.36 Å². The van der Waals surface area contributed by atoms with Crippen LogP contribution in [0.25, 0.3) is 0 Å². The Morgan fingerprint density at radius 2 is 2.24 bits per heavy atom. The maximum atomic E-state index is 12.3. The second kappa shape index (κ2) is 7.13. The molecule has 2 rings (SSSR count). The molecule has 0 spiro atoms. The first-order chi connectivity index (χ1) is 9.99. The topological polar surface area (TPSA) is 30.5 Å². The van der Waals surface area contributed by atoms with Crippen LogP contribution < -0.4 is 10.1 Å². The number of hydrogen-bond acceptors (Lipinski definition) is 3. The van der Waals surface area contributed by atoms with Crippen molar-refractivity contribution in [2.45, 2.75) is 32.2 Å². The van der Waals surface area contributed by atoms with Gasteiger partial charge in [0.25, 0.3) is 0 Å². The Morgan fingerprint density at radius 3 is 2.86 bits per heavy atom. The molecule has 0 aliphatic carbocycles. The lowest BCUT2D eigenvalue weighted by Gasteiger charge is -2.24. The summed E-state index contributed by atoms with van der Waals surface area (Å²) in [5.41, 5.74) is 0.806. The fourth-order valence-corrected chi connectivity index (χ4v) is 2.58. The van der Waals surface area contributed by atoms with E-state index >= 15 is 0 Å². The fourth-order valence-electron chi connectivity index (χ4n) is 2.58. The standard InChI is InChI=1S/C15H20F3NO2/c1-2-7-19-14(12-6-8-20-10-12)11-4-3-5-13(9-11)21-15(16,17)18/h3-5,9,12,14,19H,2,6-8,10H2,1H3. The van der Waals surface area contributed by atoms with Crippen molar-refractivity contribution in [3.63, 3.8) is 0 Å². The Balaban J connectivity index is 2.16. The molecule has 0 amide bonds. The molecule has 6 heteroatoms. The molecule has 2 unspecified atom stereocenters. The number of rotatable bonds is 6. The lowest BCUT2D eigenvalue weighted by Crippen LogP contribution is -2.29. The third-order valence-electron chi connectivity index (χ3n) is 3.50. The molecule has 3 nitrogen and oxygen atoms in total. The van der Waals surface area contributed by atoms with Crippen molar-refractivity contribution >= 4 is 0 Å². The Hall–Kier alpha value is -1.27. The molecule has 0 radical (unpaired) electrons. The maximum absolute atomic E-state index is 12.3. The lowest BCUT2D eigenvalue weighted by molar-refractivity contribution is -0.274. The number of hydrogen-bond donors (Lipinski definition) is 1. The summed E-state index contributed by atoms with van der Waals surface area (Å²) in [5.74, 6) is 0.0971. The van der Waals surface area contributed by atoms with Gasteiger partial charge in [-0.15, -0.1) is 13.2 Å². The second-order valence-electron chi connectivity index (χ2n) is 5.18. The smallest absolute Gasteiger partial charge is 0.406 e. The van der Waals surface area contributed by atoms with Crippen molar-refractivity contribution < 1.29 is 22.6 Å². The summed E-state index contributed by atoms with van der Waals surface area (Å²) in [4.78, 5) is 0. The summed E-state index contributed by atoms with van der Waals surface area (Å²) in [6.45, 7) is 4.20. The average Bonchev–Trinajstić information content (AvgIpc) is 2.91. The maximum Gasteiger partial charge on any atom is 0.573 e. The third kappa shape index (κ3) is 4.89. The molecule has 1 saturated heterocycles. The Bertz CT molecular complexity index is 445. The first kappa shape index (κ1) is 16.1. The molecular weight excluding hydrogens is 283 g/mol. The molecule has 0 saturated carbocycles. The number of ether oxygens (including phenoxy) is 2. The SMILES string of the molecule is CCCNC(c1cccc(OC(F)(F)F)c1)C1CCOC1. The Morgan fingerprint density at radius 1 is 1.43 bits per heavy atom. The molecule has 1 heterocycles. The van der Waals surface area contributed by atoms with Crippen molar-refractivity contribution in [3.8, 4) is 5.75 Å². The van der Waals surface area contributed by atoms with E-state index in [1.54, 1.807) is 6.07 Å². The monoisotopic (exact) mass is 303 g/mol. The van der Waals surface area contributed by atoms with Gasteiger partial charge in [-0.05, 0) is 37.1 Å². The zero-order valence-corrected chi connectivity index (χ0v) is 12.0. The van der Waals surface area contributed by atoms with Crippen LogP contribution in [-0.4, -0.2) is 26.1 Å². The molecule has 0 aromatic heterocycles. The van der Waals surface area contributed by atoms with E-state index in [0.29, 0.717) is 13.2 Å². The van der Waals surface area contributed by atoms with Gasteiger partial charge >= 0.3 is 6.36 Å². The fraction of sp³-hybridized carbons (Fsp3) is 0.600. The van der Waals surface area contributed by atoms with E-state index in [2.05, 4.69) is 17.0 Å². The highest BCUT2D eigenvalue weighted by atomic mass is 19.4. The predicted octanol–water partition coefficient (Wildman–Crippen LogP) is 3.66. The molecule has 1 aromatic rings. The van der Waals surface area contributed by atoms with Gasteiger partial charge in [0.1, 0.15) is 5.75 Å². The molecule has 118 valence electrons. The van der Waals surface area contributed by atoms with E-state index in [0.717, 1.165) is 24.9 Å². The molecule has 1 N–H and O–H groups in total. The van der Waals surface area contributed by atoms with Crippen molar-refractivity contribution in [1.82, 2.24) is 5.32 Å². The predicted molar refractivity (Wildman–Crippen MR) is 73.1 cm³/mol. The second-order valence-corrected chi connectivity index (χ2v) is 5.18. The summed E-state index contributed by atoms with van der Waals surface area (Å²) >= 11 is 0. The van der Waals surface area contributed by atoms with Crippen LogP contribution in [0.15, 0.2) is 24.3 Å². The van der Waals surface area contributed by atoms with Crippen molar-refractivity contribution in [2.24, 2.45) is 5.92 Å².